The van der Waals surface area contributed by atoms with Crippen LogP contribution in [0.3, 0.4) is 0 Å². The first-order chi connectivity index (χ1) is 12.1. The van der Waals surface area contributed by atoms with Crippen LogP contribution in [0, 0.1) is 0 Å². The number of esters is 1. The summed E-state index contributed by atoms with van der Waals surface area (Å²) in [5, 5.41) is 13.7. The number of amides is 1. The summed E-state index contributed by atoms with van der Waals surface area (Å²) in [5.74, 6) is -0.333. The van der Waals surface area contributed by atoms with Crippen molar-refractivity contribution in [1.82, 2.24) is 15.5 Å². The highest BCUT2D eigenvalue weighted by Crippen LogP contribution is 2.17. The Morgan fingerprint density at radius 2 is 2.16 bits per heavy atom. The molecule has 0 radical (unpaired) electrons. The van der Waals surface area contributed by atoms with Crippen molar-refractivity contribution in [2.45, 2.75) is 11.8 Å². The van der Waals surface area contributed by atoms with Gasteiger partial charge in [0.05, 0.1) is 19.2 Å². The number of anilines is 1. The van der Waals surface area contributed by atoms with Crippen molar-refractivity contribution < 1.29 is 18.7 Å². The Kier molecular flexibility index (Phi) is 7.02. The van der Waals surface area contributed by atoms with Crippen LogP contribution < -0.4 is 10.6 Å². The lowest BCUT2D eigenvalue weighted by atomic mass is 10.1. The number of nitrogens with one attached hydrogen (secondary N) is 2. The van der Waals surface area contributed by atoms with Crippen LogP contribution in [0.25, 0.3) is 0 Å². The molecule has 0 aliphatic rings. The number of rotatable bonds is 9. The topological polar surface area (TPSA) is 106 Å². The van der Waals surface area contributed by atoms with Crippen molar-refractivity contribution in [2.75, 3.05) is 24.7 Å². The minimum Gasteiger partial charge on any atom is -0.468 e. The Morgan fingerprint density at radius 1 is 1.36 bits per heavy atom. The predicted molar refractivity (Wildman–Crippen MR) is 93.3 cm³/mol. The number of methoxy groups -OCH3 is 1. The molecular formula is C16H18N4O4S. The van der Waals surface area contributed by atoms with Crippen molar-refractivity contribution in [3.8, 4) is 0 Å². The van der Waals surface area contributed by atoms with Gasteiger partial charge in [0.25, 0.3) is 11.1 Å². The smallest absolute Gasteiger partial charge is 0.316 e. The van der Waals surface area contributed by atoms with Crippen molar-refractivity contribution >= 4 is 29.3 Å². The number of ether oxygens (including phenoxy) is 1. The van der Waals surface area contributed by atoms with E-state index in [0.717, 1.165) is 11.8 Å². The molecule has 2 aromatic rings. The zero-order valence-corrected chi connectivity index (χ0v) is 14.5. The molecule has 0 bridgehead atoms. The van der Waals surface area contributed by atoms with Gasteiger partial charge in [0, 0.05) is 12.2 Å². The summed E-state index contributed by atoms with van der Waals surface area (Å²) in [6.07, 6.45) is 1.71. The molecule has 0 aliphatic heterocycles. The van der Waals surface area contributed by atoms with E-state index in [1.807, 2.05) is 12.1 Å². The van der Waals surface area contributed by atoms with Crippen molar-refractivity contribution in [3.05, 3.63) is 48.4 Å². The van der Waals surface area contributed by atoms with Gasteiger partial charge in [-0.3, -0.25) is 9.59 Å². The zero-order chi connectivity index (χ0) is 18.1. The van der Waals surface area contributed by atoms with Crippen LogP contribution in [0.1, 0.15) is 16.2 Å². The molecule has 9 heteroatoms. The summed E-state index contributed by atoms with van der Waals surface area (Å²) in [5.41, 5.74) is 1.21. The molecule has 0 atom stereocenters. The molecular weight excluding hydrogens is 344 g/mol. The summed E-state index contributed by atoms with van der Waals surface area (Å²) in [6, 6.07) is 7.14. The summed E-state index contributed by atoms with van der Waals surface area (Å²) in [7, 11) is 1.30. The summed E-state index contributed by atoms with van der Waals surface area (Å²) in [6.45, 7) is 4.27. The van der Waals surface area contributed by atoms with E-state index >= 15 is 0 Å². The predicted octanol–water partition coefficient (Wildman–Crippen LogP) is 1.86. The Bertz CT molecular complexity index is 747. The van der Waals surface area contributed by atoms with Gasteiger partial charge in [-0.25, -0.2) is 0 Å². The maximum absolute atomic E-state index is 12.3. The zero-order valence-electron chi connectivity index (χ0n) is 13.7. The molecule has 0 spiro atoms. The van der Waals surface area contributed by atoms with Gasteiger partial charge < -0.3 is 19.8 Å². The van der Waals surface area contributed by atoms with Gasteiger partial charge in [0.2, 0.25) is 5.89 Å². The average molecular weight is 362 g/mol. The highest BCUT2D eigenvalue weighted by atomic mass is 32.2. The fourth-order valence-corrected chi connectivity index (χ4v) is 2.43. The minimum absolute atomic E-state index is 0.0762. The first kappa shape index (κ1) is 18.5. The molecule has 2 N–H and O–H groups in total. The number of hydrogen-bond acceptors (Lipinski definition) is 8. The molecule has 0 saturated heterocycles. The van der Waals surface area contributed by atoms with E-state index in [2.05, 4.69) is 32.1 Å². The highest BCUT2D eigenvalue weighted by molar-refractivity contribution is 7.99. The van der Waals surface area contributed by atoms with Gasteiger partial charge in [-0.2, -0.15) is 0 Å². The van der Waals surface area contributed by atoms with Gasteiger partial charge >= 0.3 is 5.97 Å². The van der Waals surface area contributed by atoms with Crippen LogP contribution >= 0.6 is 11.8 Å². The summed E-state index contributed by atoms with van der Waals surface area (Å²) >= 11 is 1.07. The van der Waals surface area contributed by atoms with Crippen LogP contribution in [-0.2, 0) is 16.1 Å². The van der Waals surface area contributed by atoms with E-state index in [1.54, 1.807) is 18.2 Å². The van der Waals surface area contributed by atoms with Gasteiger partial charge in [-0.1, -0.05) is 30.0 Å². The van der Waals surface area contributed by atoms with Crippen molar-refractivity contribution in [1.29, 1.82) is 0 Å². The van der Waals surface area contributed by atoms with Crippen molar-refractivity contribution in [2.24, 2.45) is 0 Å². The Labute approximate surface area is 149 Å². The second-order valence-corrected chi connectivity index (χ2v) is 5.65. The summed E-state index contributed by atoms with van der Waals surface area (Å²) < 4.78 is 9.88. The van der Waals surface area contributed by atoms with Crippen LogP contribution in [0.4, 0.5) is 5.69 Å². The number of aromatic nitrogens is 2. The number of hydrogen-bond donors (Lipinski definition) is 2. The van der Waals surface area contributed by atoms with Crippen LogP contribution in [0.5, 0.6) is 0 Å². The molecule has 1 heterocycles. The van der Waals surface area contributed by atoms with E-state index in [-0.39, 0.29) is 35.3 Å². The van der Waals surface area contributed by atoms with Crippen molar-refractivity contribution in [3.63, 3.8) is 0 Å². The molecule has 1 amide bonds. The Balaban J connectivity index is 1.91. The lowest BCUT2D eigenvalue weighted by Crippen LogP contribution is -2.24. The lowest BCUT2D eigenvalue weighted by molar-refractivity contribution is -0.137. The third-order valence-corrected chi connectivity index (χ3v) is 3.79. The third-order valence-electron chi connectivity index (χ3n) is 3.00. The number of thioether (sulfide) groups is 1. The minimum atomic E-state index is -0.387. The van der Waals surface area contributed by atoms with E-state index in [0.29, 0.717) is 17.8 Å². The SMILES string of the molecule is C=CCNc1ccccc1C(=O)NCc1nnc(SCC(=O)OC)o1. The van der Waals surface area contributed by atoms with E-state index in [1.165, 1.54) is 7.11 Å². The van der Waals surface area contributed by atoms with Gasteiger partial charge in [0.15, 0.2) is 0 Å². The van der Waals surface area contributed by atoms with Gasteiger partial charge in [-0.15, -0.1) is 16.8 Å². The molecule has 25 heavy (non-hydrogen) atoms. The fourth-order valence-electron chi connectivity index (χ4n) is 1.82. The molecule has 8 nitrogen and oxygen atoms in total. The number of nitrogens with zero attached hydrogens (tertiary/aromatic N) is 2. The quantitative estimate of drug-likeness (QED) is 0.395. The maximum atomic E-state index is 12.3. The summed E-state index contributed by atoms with van der Waals surface area (Å²) in [4.78, 5) is 23.4. The second-order valence-electron chi connectivity index (χ2n) is 4.72. The molecule has 1 aromatic heterocycles. The first-order valence-corrected chi connectivity index (χ1v) is 8.36. The van der Waals surface area contributed by atoms with Gasteiger partial charge in [-0.05, 0) is 12.1 Å². The van der Waals surface area contributed by atoms with Crippen LogP contribution in [0.2, 0.25) is 0 Å². The number of carbonyl (C=O) groups is 2. The number of carbonyl (C=O) groups excluding carboxylic acids is 2. The second kappa shape index (κ2) is 9.48. The standard InChI is InChI=1S/C16H18N4O4S/c1-3-8-17-12-7-5-4-6-11(12)15(22)18-9-13-19-20-16(24-13)25-10-14(21)23-2/h3-7,17H,1,8-10H2,2H3,(H,18,22). The Morgan fingerprint density at radius 3 is 2.92 bits per heavy atom. The van der Waals surface area contributed by atoms with E-state index in [9.17, 15) is 9.59 Å². The number of benzene rings is 1. The normalized spacial score (nSPS) is 10.1. The molecule has 0 fully saturated rings. The number of para-hydroxylation sites is 1. The van der Waals surface area contributed by atoms with E-state index < -0.39 is 0 Å². The molecule has 2 rings (SSSR count). The van der Waals surface area contributed by atoms with E-state index in [4.69, 9.17) is 4.42 Å². The molecule has 0 aliphatic carbocycles. The third kappa shape index (κ3) is 5.64. The largest absolute Gasteiger partial charge is 0.468 e. The molecule has 0 unspecified atom stereocenters. The van der Waals surface area contributed by atoms with Crippen LogP contribution in [-0.4, -0.2) is 41.5 Å². The molecule has 1 aromatic carbocycles. The maximum Gasteiger partial charge on any atom is 0.316 e. The molecule has 132 valence electrons. The Hall–Kier alpha value is -2.81. The molecule has 0 saturated carbocycles. The first-order valence-electron chi connectivity index (χ1n) is 7.38. The van der Waals surface area contributed by atoms with Gasteiger partial charge in [0.1, 0.15) is 5.75 Å². The highest BCUT2D eigenvalue weighted by Gasteiger charge is 2.13. The fraction of sp³-hybridized carbons (Fsp3) is 0.250. The average Bonchev–Trinajstić information content (AvgIpc) is 3.10. The monoisotopic (exact) mass is 362 g/mol. The van der Waals surface area contributed by atoms with Crippen LogP contribution in [0.15, 0.2) is 46.6 Å². The lowest BCUT2D eigenvalue weighted by Gasteiger charge is -2.10.